The van der Waals surface area contributed by atoms with E-state index in [0.29, 0.717) is 28.1 Å². The summed E-state index contributed by atoms with van der Waals surface area (Å²) >= 11 is 0. The maximum absolute atomic E-state index is 14.7. The van der Waals surface area contributed by atoms with Crippen molar-refractivity contribution in [2.24, 2.45) is 5.92 Å². The zero-order valence-electron chi connectivity index (χ0n) is 21.7. The summed E-state index contributed by atoms with van der Waals surface area (Å²) < 4.78 is 5.56. The molecule has 3 aliphatic heterocycles. The molecule has 1 aromatic heterocycles. The molecule has 1 N–H and O–H groups in total. The fraction of sp³-hybridized carbons (Fsp3) is 0.152. The van der Waals surface area contributed by atoms with E-state index in [1.807, 2.05) is 65.7 Å². The first-order valence-corrected chi connectivity index (χ1v) is 13.1. The SMILES string of the molecule is COc1ccccc1C(=O)C1C(C(=O)c2cccnc2)C2(C(=O)Nc3ccccc32)C2c3ccccc3C=CN12. The molecule has 4 unspecified atom stereocenters. The average Bonchev–Trinajstić information content (AvgIpc) is 3.49. The quantitative estimate of drug-likeness (QED) is 0.365. The minimum absolute atomic E-state index is 0.289. The van der Waals surface area contributed by atoms with Crippen molar-refractivity contribution < 1.29 is 19.1 Å². The van der Waals surface area contributed by atoms with Crippen LogP contribution in [-0.4, -0.2) is 40.5 Å². The summed E-state index contributed by atoms with van der Waals surface area (Å²) in [5.74, 6) is -1.54. The minimum Gasteiger partial charge on any atom is -0.496 e. The molecule has 7 heteroatoms. The second-order valence-electron chi connectivity index (χ2n) is 10.3. The van der Waals surface area contributed by atoms with E-state index in [1.165, 1.54) is 13.3 Å². The van der Waals surface area contributed by atoms with Gasteiger partial charge in [-0.3, -0.25) is 19.4 Å². The molecule has 0 bridgehead atoms. The third-order valence-corrected chi connectivity index (χ3v) is 8.44. The number of aromatic nitrogens is 1. The Kier molecular flexibility index (Phi) is 5.42. The van der Waals surface area contributed by atoms with E-state index in [2.05, 4.69) is 10.3 Å². The fourth-order valence-corrected chi connectivity index (χ4v) is 6.86. The monoisotopic (exact) mass is 527 g/mol. The van der Waals surface area contributed by atoms with Crippen molar-refractivity contribution >= 4 is 29.2 Å². The lowest BCUT2D eigenvalue weighted by Gasteiger charge is -2.38. The van der Waals surface area contributed by atoms with Crippen molar-refractivity contribution in [3.8, 4) is 5.75 Å². The third kappa shape index (κ3) is 3.18. The summed E-state index contributed by atoms with van der Waals surface area (Å²) in [6.07, 6.45) is 6.90. The van der Waals surface area contributed by atoms with Crippen LogP contribution in [-0.2, 0) is 10.2 Å². The second kappa shape index (κ2) is 9.02. The Morgan fingerprint density at radius 2 is 1.70 bits per heavy atom. The van der Waals surface area contributed by atoms with Crippen LogP contribution in [0, 0.1) is 5.92 Å². The van der Waals surface area contributed by atoms with Crippen LogP contribution in [0.2, 0.25) is 0 Å². The Balaban J connectivity index is 1.55. The van der Waals surface area contributed by atoms with Gasteiger partial charge in [0.25, 0.3) is 0 Å². The van der Waals surface area contributed by atoms with Gasteiger partial charge in [0.2, 0.25) is 5.91 Å². The smallest absolute Gasteiger partial charge is 0.238 e. The number of ether oxygens (including phenoxy) is 1. The number of rotatable bonds is 5. The Hall–Kier alpha value is -5.04. The van der Waals surface area contributed by atoms with Gasteiger partial charge >= 0.3 is 0 Å². The summed E-state index contributed by atoms with van der Waals surface area (Å²) in [6, 6.07) is 24.1. The topological polar surface area (TPSA) is 88.6 Å². The lowest BCUT2D eigenvalue weighted by molar-refractivity contribution is -0.122. The van der Waals surface area contributed by atoms with E-state index in [4.69, 9.17) is 4.74 Å². The highest BCUT2D eigenvalue weighted by atomic mass is 16.5. The van der Waals surface area contributed by atoms with Crippen molar-refractivity contribution in [2.45, 2.75) is 17.5 Å². The largest absolute Gasteiger partial charge is 0.496 e. The number of methoxy groups -OCH3 is 1. The third-order valence-electron chi connectivity index (χ3n) is 8.44. The molecule has 4 heterocycles. The number of fused-ring (bicyclic) bond motifs is 6. The number of pyridine rings is 1. The van der Waals surface area contributed by atoms with Gasteiger partial charge in [0.15, 0.2) is 11.6 Å². The fourth-order valence-electron chi connectivity index (χ4n) is 6.86. The highest BCUT2D eigenvalue weighted by Gasteiger charge is 2.70. The molecule has 7 rings (SSSR count). The number of benzene rings is 3. The second-order valence-corrected chi connectivity index (χ2v) is 10.3. The number of carbonyl (C=O) groups excluding carboxylic acids is 3. The highest BCUT2D eigenvalue weighted by molar-refractivity contribution is 6.17. The van der Waals surface area contributed by atoms with Crippen molar-refractivity contribution in [2.75, 3.05) is 12.4 Å². The first-order chi connectivity index (χ1) is 19.6. The van der Waals surface area contributed by atoms with Gasteiger partial charge in [0.05, 0.1) is 24.6 Å². The number of Topliss-reactive ketones (excluding diaryl/α,β-unsaturated/α-hetero) is 2. The molecule has 196 valence electrons. The maximum Gasteiger partial charge on any atom is 0.238 e. The number of para-hydroxylation sites is 2. The normalized spacial score (nSPS) is 23.8. The van der Waals surface area contributed by atoms with Gasteiger partial charge in [-0.05, 0) is 53.1 Å². The molecular formula is C33H25N3O4. The molecule has 0 saturated carbocycles. The average molecular weight is 528 g/mol. The van der Waals surface area contributed by atoms with E-state index < -0.39 is 23.4 Å². The summed E-state index contributed by atoms with van der Waals surface area (Å²) in [4.78, 5) is 49.8. The number of amides is 1. The highest BCUT2D eigenvalue weighted by Crippen LogP contribution is 2.62. The van der Waals surface area contributed by atoms with Gasteiger partial charge in [-0.15, -0.1) is 0 Å². The Morgan fingerprint density at radius 3 is 2.52 bits per heavy atom. The number of anilines is 1. The molecule has 0 radical (unpaired) electrons. The van der Waals surface area contributed by atoms with Crippen LogP contribution in [0.4, 0.5) is 5.69 Å². The Bertz CT molecular complexity index is 1720. The van der Waals surface area contributed by atoms with E-state index in [9.17, 15) is 14.4 Å². The van der Waals surface area contributed by atoms with E-state index in [0.717, 1.165) is 11.1 Å². The standard InChI is InChI=1S/C33H25N3O4/c1-40-26-15-7-4-12-23(26)30(38)28-27(29(37)21-10-8-17-34-19-21)33(24-13-5-6-14-25(24)35-32(33)39)31-22-11-3-2-9-20(22)16-18-36(28)31/h2-19,27-28,31H,1H3,(H,35,39). The van der Waals surface area contributed by atoms with Crippen LogP contribution in [0.25, 0.3) is 6.08 Å². The van der Waals surface area contributed by atoms with Crippen LogP contribution >= 0.6 is 0 Å². The lowest BCUT2D eigenvalue weighted by Crippen LogP contribution is -2.49. The summed E-state index contributed by atoms with van der Waals surface area (Å²) in [6.45, 7) is 0. The first-order valence-electron chi connectivity index (χ1n) is 13.1. The summed E-state index contributed by atoms with van der Waals surface area (Å²) in [7, 11) is 1.51. The van der Waals surface area contributed by atoms with Crippen LogP contribution in [0.1, 0.15) is 43.4 Å². The first kappa shape index (κ1) is 24.0. The molecule has 40 heavy (non-hydrogen) atoms. The number of ketones is 2. The molecule has 4 aromatic rings. The van der Waals surface area contributed by atoms with Gasteiger partial charge in [-0.25, -0.2) is 0 Å². The van der Waals surface area contributed by atoms with Crippen LogP contribution in [0.3, 0.4) is 0 Å². The zero-order chi connectivity index (χ0) is 27.4. The number of nitrogens with one attached hydrogen (secondary N) is 1. The molecular weight excluding hydrogens is 502 g/mol. The van der Waals surface area contributed by atoms with E-state index in [1.54, 1.807) is 42.6 Å². The number of carbonyl (C=O) groups is 3. The van der Waals surface area contributed by atoms with Crippen molar-refractivity contribution in [1.29, 1.82) is 0 Å². The minimum atomic E-state index is -1.38. The van der Waals surface area contributed by atoms with Gasteiger partial charge in [-0.1, -0.05) is 54.6 Å². The predicted octanol–water partition coefficient (Wildman–Crippen LogP) is 5.07. The summed E-state index contributed by atoms with van der Waals surface area (Å²) in [5.41, 5.74) is 2.50. The lowest BCUT2D eigenvalue weighted by atomic mass is 9.62. The van der Waals surface area contributed by atoms with Crippen molar-refractivity contribution in [3.05, 3.63) is 131 Å². The Labute approximate surface area is 231 Å². The van der Waals surface area contributed by atoms with Gasteiger partial charge < -0.3 is 15.0 Å². The van der Waals surface area contributed by atoms with Crippen LogP contribution < -0.4 is 10.1 Å². The molecule has 1 amide bonds. The predicted molar refractivity (Wildman–Crippen MR) is 150 cm³/mol. The van der Waals surface area contributed by atoms with Gasteiger partial charge in [0, 0.05) is 29.8 Å². The van der Waals surface area contributed by atoms with Gasteiger partial charge in [-0.2, -0.15) is 0 Å². The summed E-state index contributed by atoms with van der Waals surface area (Å²) in [5, 5.41) is 3.06. The van der Waals surface area contributed by atoms with Crippen LogP contribution in [0.5, 0.6) is 5.75 Å². The molecule has 4 atom stereocenters. The molecule has 1 saturated heterocycles. The zero-order valence-corrected chi connectivity index (χ0v) is 21.7. The maximum atomic E-state index is 14.7. The van der Waals surface area contributed by atoms with Crippen molar-refractivity contribution in [3.63, 3.8) is 0 Å². The van der Waals surface area contributed by atoms with Crippen molar-refractivity contribution in [1.82, 2.24) is 9.88 Å². The van der Waals surface area contributed by atoms with E-state index >= 15 is 0 Å². The number of hydrogen-bond acceptors (Lipinski definition) is 6. The molecule has 7 nitrogen and oxygen atoms in total. The number of nitrogens with zero attached hydrogens (tertiary/aromatic N) is 2. The van der Waals surface area contributed by atoms with Crippen LogP contribution in [0.15, 0.2) is 104 Å². The number of hydrogen-bond donors (Lipinski definition) is 1. The van der Waals surface area contributed by atoms with Gasteiger partial charge in [0.1, 0.15) is 17.2 Å². The van der Waals surface area contributed by atoms with E-state index in [-0.39, 0.29) is 17.5 Å². The molecule has 3 aromatic carbocycles. The molecule has 0 aliphatic carbocycles. The Morgan fingerprint density at radius 1 is 0.925 bits per heavy atom. The molecule has 3 aliphatic rings. The molecule has 1 spiro atoms. The molecule has 1 fully saturated rings.